The van der Waals surface area contributed by atoms with Gasteiger partial charge in [0, 0.05) is 38.6 Å². The number of benzene rings is 1. The van der Waals surface area contributed by atoms with E-state index in [1.165, 1.54) is 4.90 Å². The Labute approximate surface area is 182 Å². The normalized spacial score (nSPS) is 18.3. The summed E-state index contributed by atoms with van der Waals surface area (Å²) in [6, 6.07) is 9.07. The van der Waals surface area contributed by atoms with E-state index < -0.39 is 0 Å². The molecule has 7 heteroatoms. The summed E-state index contributed by atoms with van der Waals surface area (Å²) in [5.74, 6) is -0.485. The summed E-state index contributed by atoms with van der Waals surface area (Å²) in [5, 5.41) is 0. The van der Waals surface area contributed by atoms with E-state index in [2.05, 4.69) is 9.88 Å². The smallest absolute Gasteiger partial charge is 0.263 e. The second-order valence-electron chi connectivity index (χ2n) is 8.05. The Morgan fingerprint density at radius 3 is 2.65 bits per heavy atom. The second kappa shape index (κ2) is 8.88. The minimum absolute atomic E-state index is 0.0943. The maximum absolute atomic E-state index is 13.3. The second-order valence-corrected chi connectivity index (χ2v) is 8.05. The molecule has 2 aliphatic heterocycles. The zero-order valence-corrected chi connectivity index (χ0v) is 18.1. The maximum atomic E-state index is 13.3. The zero-order chi connectivity index (χ0) is 22.0. The van der Waals surface area contributed by atoms with Crippen LogP contribution in [0.5, 0.6) is 0 Å². The molecule has 1 aromatic heterocycles. The highest BCUT2D eigenvalue weighted by Crippen LogP contribution is 2.35. The number of carbonyl (C=O) groups excluding carboxylic acids is 3. The summed E-state index contributed by atoms with van der Waals surface area (Å²) in [6.45, 7) is 6.91. The maximum Gasteiger partial charge on any atom is 0.263 e. The molecule has 2 aliphatic rings. The molecule has 3 amide bonds. The molecule has 1 saturated heterocycles. The van der Waals surface area contributed by atoms with Crippen LogP contribution in [0.15, 0.2) is 42.7 Å². The quantitative estimate of drug-likeness (QED) is 0.672. The van der Waals surface area contributed by atoms with Crippen molar-refractivity contribution < 1.29 is 14.4 Å². The van der Waals surface area contributed by atoms with Gasteiger partial charge in [0.2, 0.25) is 5.91 Å². The first kappa shape index (κ1) is 21.0. The van der Waals surface area contributed by atoms with Crippen LogP contribution in [-0.2, 0) is 11.3 Å². The highest BCUT2D eigenvalue weighted by Gasteiger charge is 2.39. The van der Waals surface area contributed by atoms with Gasteiger partial charge in [-0.3, -0.25) is 24.3 Å². The van der Waals surface area contributed by atoms with Crippen molar-refractivity contribution in [3.05, 3.63) is 59.4 Å². The molecule has 3 heterocycles. The molecule has 1 fully saturated rings. The predicted octanol–water partition coefficient (Wildman–Crippen LogP) is 2.96. The van der Waals surface area contributed by atoms with Crippen molar-refractivity contribution in [2.75, 3.05) is 31.1 Å². The average molecular weight is 421 g/mol. The molecule has 2 aromatic rings. The number of piperidine rings is 1. The molecule has 1 atom stereocenters. The molecule has 0 N–H and O–H groups in total. The van der Waals surface area contributed by atoms with Crippen molar-refractivity contribution >= 4 is 23.4 Å². The minimum atomic E-state index is -0.281. The first-order valence-electron chi connectivity index (χ1n) is 11.0. The van der Waals surface area contributed by atoms with Gasteiger partial charge in [-0.15, -0.1) is 0 Å². The number of amides is 3. The molecular weight excluding hydrogens is 392 g/mol. The Kier molecular flexibility index (Phi) is 6.02. The van der Waals surface area contributed by atoms with Crippen LogP contribution < -0.4 is 4.90 Å². The van der Waals surface area contributed by atoms with E-state index in [1.807, 2.05) is 36.9 Å². The monoisotopic (exact) mass is 420 g/mol. The third-order valence-electron chi connectivity index (χ3n) is 6.23. The zero-order valence-electron chi connectivity index (χ0n) is 18.1. The summed E-state index contributed by atoms with van der Waals surface area (Å²) < 4.78 is 0. The molecule has 0 radical (unpaired) electrons. The number of fused-ring (bicyclic) bond motifs is 1. The Bertz CT molecular complexity index is 988. The summed E-state index contributed by atoms with van der Waals surface area (Å²) in [7, 11) is 0. The van der Waals surface area contributed by atoms with Crippen molar-refractivity contribution in [3.8, 4) is 0 Å². The summed E-state index contributed by atoms with van der Waals surface area (Å²) >= 11 is 0. The standard InChI is InChI=1S/C24H28N4O3/c1-3-26(4-2)22(29)18-9-7-13-27(16-18)20-11-5-10-19-21(20)24(31)28(23(19)30)15-17-8-6-12-25-14-17/h5-6,8,10-12,14,18H,3-4,7,9,13,15-16H2,1-2H3/t18-/m0/s1. The number of anilines is 1. The van der Waals surface area contributed by atoms with Crippen LogP contribution in [0.1, 0.15) is 53.0 Å². The van der Waals surface area contributed by atoms with E-state index in [0.717, 1.165) is 30.6 Å². The molecule has 0 bridgehead atoms. The Morgan fingerprint density at radius 1 is 1.13 bits per heavy atom. The van der Waals surface area contributed by atoms with Gasteiger partial charge in [-0.05, 0) is 50.5 Å². The van der Waals surface area contributed by atoms with Gasteiger partial charge < -0.3 is 9.80 Å². The number of nitrogens with zero attached hydrogens (tertiary/aromatic N) is 4. The lowest BCUT2D eigenvalue weighted by Crippen LogP contribution is -2.45. The number of rotatable bonds is 6. The van der Waals surface area contributed by atoms with Crippen molar-refractivity contribution in [1.82, 2.24) is 14.8 Å². The summed E-state index contributed by atoms with van der Waals surface area (Å²) in [5.41, 5.74) is 2.44. The first-order valence-corrected chi connectivity index (χ1v) is 11.0. The van der Waals surface area contributed by atoms with Crippen LogP contribution in [-0.4, -0.2) is 58.7 Å². The third kappa shape index (κ3) is 3.92. The number of aromatic nitrogens is 1. The van der Waals surface area contributed by atoms with Gasteiger partial charge in [0.25, 0.3) is 11.8 Å². The SMILES string of the molecule is CCN(CC)C(=O)[C@H]1CCCN(c2cccc3c2C(=O)N(Cc2cccnc2)C3=O)C1. The van der Waals surface area contributed by atoms with E-state index in [-0.39, 0.29) is 30.2 Å². The fourth-order valence-corrected chi connectivity index (χ4v) is 4.59. The molecule has 31 heavy (non-hydrogen) atoms. The van der Waals surface area contributed by atoms with E-state index >= 15 is 0 Å². The Morgan fingerprint density at radius 2 is 1.94 bits per heavy atom. The number of hydrogen-bond acceptors (Lipinski definition) is 5. The molecule has 0 spiro atoms. The van der Waals surface area contributed by atoms with Crippen LogP contribution in [0.3, 0.4) is 0 Å². The van der Waals surface area contributed by atoms with Crippen LogP contribution in [0.2, 0.25) is 0 Å². The average Bonchev–Trinajstić information content (AvgIpc) is 3.05. The number of hydrogen-bond donors (Lipinski definition) is 0. The van der Waals surface area contributed by atoms with Crippen LogP contribution in [0, 0.1) is 5.92 Å². The van der Waals surface area contributed by atoms with Gasteiger partial charge in [0.1, 0.15) is 0 Å². The molecule has 162 valence electrons. The Hall–Kier alpha value is -3.22. The molecule has 4 rings (SSSR count). The van der Waals surface area contributed by atoms with Crippen LogP contribution >= 0.6 is 0 Å². The van der Waals surface area contributed by atoms with E-state index in [9.17, 15) is 14.4 Å². The van der Waals surface area contributed by atoms with Gasteiger partial charge in [-0.25, -0.2) is 0 Å². The van der Waals surface area contributed by atoms with Crippen molar-refractivity contribution in [3.63, 3.8) is 0 Å². The summed E-state index contributed by atoms with van der Waals surface area (Å²) in [6.07, 6.45) is 5.05. The fraction of sp³-hybridized carbons (Fsp3) is 0.417. The predicted molar refractivity (Wildman–Crippen MR) is 118 cm³/mol. The highest BCUT2D eigenvalue weighted by molar-refractivity contribution is 6.23. The van der Waals surface area contributed by atoms with E-state index in [1.54, 1.807) is 24.5 Å². The molecule has 0 unspecified atom stereocenters. The minimum Gasteiger partial charge on any atom is -0.370 e. The topological polar surface area (TPSA) is 73.8 Å². The highest BCUT2D eigenvalue weighted by atomic mass is 16.2. The van der Waals surface area contributed by atoms with Gasteiger partial charge >= 0.3 is 0 Å². The molecule has 0 aliphatic carbocycles. The molecule has 7 nitrogen and oxygen atoms in total. The van der Waals surface area contributed by atoms with Gasteiger partial charge in [-0.2, -0.15) is 0 Å². The third-order valence-corrected chi connectivity index (χ3v) is 6.23. The largest absolute Gasteiger partial charge is 0.370 e. The first-order chi connectivity index (χ1) is 15.0. The van der Waals surface area contributed by atoms with E-state index in [0.29, 0.717) is 30.8 Å². The Balaban J connectivity index is 1.59. The van der Waals surface area contributed by atoms with Gasteiger partial charge in [-0.1, -0.05) is 12.1 Å². The van der Waals surface area contributed by atoms with E-state index in [4.69, 9.17) is 0 Å². The van der Waals surface area contributed by atoms with Gasteiger partial charge in [0.15, 0.2) is 0 Å². The number of carbonyl (C=O) groups is 3. The lowest BCUT2D eigenvalue weighted by molar-refractivity contribution is -0.135. The van der Waals surface area contributed by atoms with Gasteiger partial charge in [0.05, 0.1) is 29.3 Å². The van der Waals surface area contributed by atoms with Crippen LogP contribution in [0.25, 0.3) is 0 Å². The molecule has 0 saturated carbocycles. The number of imide groups is 1. The molecular formula is C24H28N4O3. The molecule has 1 aromatic carbocycles. The lowest BCUT2D eigenvalue weighted by Gasteiger charge is -2.36. The fourth-order valence-electron chi connectivity index (χ4n) is 4.59. The number of pyridine rings is 1. The van der Waals surface area contributed by atoms with Crippen molar-refractivity contribution in [2.24, 2.45) is 5.92 Å². The van der Waals surface area contributed by atoms with Crippen molar-refractivity contribution in [2.45, 2.75) is 33.2 Å². The van der Waals surface area contributed by atoms with Crippen molar-refractivity contribution in [1.29, 1.82) is 0 Å². The van der Waals surface area contributed by atoms with Crippen LogP contribution in [0.4, 0.5) is 5.69 Å². The lowest BCUT2D eigenvalue weighted by atomic mass is 9.94. The summed E-state index contributed by atoms with van der Waals surface area (Å²) in [4.78, 5) is 48.5.